The molecule has 2 aliphatic rings. The number of ether oxygens (including phenoxy) is 1. The van der Waals surface area contributed by atoms with Gasteiger partial charge in [0.15, 0.2) is 0 Å². The first kappa shape index (κ1) is 20.2. The number of nitrogens with zero attached hydrogens (tertiary/aromatic N) is 3. The van der Waals surface area contributed by atoms with Gasteiger partial charge in [-0.1, -0.05) is 30.3 Å². The molecule has 1 atom stereocenters. The lowest BCUT2D eigenvalue weighted by molar-refractivity contribution is 0.0732. The highest BCUT2D eigenvalue weighted by Gasteiger charge is 2.29. The number of likely N-dealkylation sites (tertiary alicyclic amines) is 2. The van der Waals surface area contributed by atoms with Gasteiger partial charge in [-0.25, -0.2) is 4.79 Å². The van der Waals surface area contributed by atoms with E-state index in [9.17, 15) is 4.79 Å². The van der Waals surface area contributed by atoms with E-state index in [1.807, 2.05) is 42.3 Å². The number of piperidine rings is 1. The number of hydrogen-bond donors (Lipinski definition) is 0. The minimum atomic E-state index is -0.198. The molecule has 2 aliphatic heterocycles. The average Bonchev–Trinajstić information content (AvgIpc) is 3.20. The van der Waals surface area contributed by atoms with E-state index in [-0.39, 0.29) is 12.1 Å². The van der Waals surface area contributed by atoms with Gasteiger partial charge in [-0.3, -0.25) is 0 Å². The number of rotatable bonds is 7. The van der Waals surface area contributed by atoms with Crippen LogP contribution in [-0.4, -0.2) is 73.7 Å². The maximum atomic E-state index is 12.7. The van der Waals surface area contributed by atoms with Crippen LogP contribution in [-0.2, 0) is 11.3 Å². The highest BCUT2D eigenvalue weighted by molar-refractivity contribution is 5.67. The summed E-state index contributed by atoms with van der Waals surface area (Å²) in [6.45, 7) is 5.98. The van der Waals surface area contributed by atoms with Gasteiger partial charge in [-0.15, -0.1) is 0 Å². The average molecular weight is 374 g/mol. The fourth-order valence-corrected chi connectivity index (χ4v) is 4.27. The summed E-state index contributed by atoms with van der Waals surface area (Å²) in [5, 5.41) is 0. The Balaban J connectivity index is 1.56. The summed E-state index contributed by atoms with van der Waals surface area (Å²) in [6, 6.07) is 10.2. The number of carbonyl (C=O) groups excluding carboxylic acids is 1. The molecule has 5 heteroatoms. The second kappa shape index (κ2) is 10.1. The molecule has 5 nitrogen and oxygen atoms in total. The molecule has 3 rings (SSSR count). The Bertz CT molecular complexity index is 566. The summed E-state index contributed by atoms with van der Waals surface area (Å²) >= 11 is 0. The van der Waals surface area contributed by atoms with Gasteiger partial charge in [-0.2, -0.15) is 0 Å². The second-order valence-corrected chi connectivity index (χ2v) is 8.29. The molecule has 0 bridgehead atoms. The highest BCUT2D eigenvalue weighted by Crippen LogP contribution is 2.24. The summed E-state index contributed by atoms with van der Waals surface area (Å²) < 4.78 is 5.60. The van der Waals surface area contributed by atoms with Crippen LogP contribution in [0.25, 0.3) is 0 Å². The largest absolute Gasteiger partial charge is 0.445 e. The fourth-order valence-electron chi connectivity index (χ4n) is 4.27. The van der Waals surface area contributed by atoms with Crippen LogP contribution in [0.15, 0.2) is 30.3 Å². The number of likely N-dealkylation sites (N-methyl/N-ethyl adjacent to an activating group) is 1. The van der Waals surface area contributed by atoms with Crippen LogP contribution in [0.1, 0.15) is 37.7 Å². The molecule has 2 heterocycles. The molecular formula is C22H35N3O2. The van der Waals surface area contributed by atoms with E-state index in [1.165, 1.54) is 38.8 Å². The van der Waals surface area contributed by atoms with Crippen LogP contribution in [0.2, 0.25) is 0 Å². The zero-order valence-electron chi connectivity index (χ0n) is 17.0. The first-order valence-corrected chi connectivity index (χ1v) is 10.5. The van der Waals surface area contributed by atoms with E-state index < -0.39 is 0 Å². The van der Waals surface area contributed by atoms with Crippen molar-refractivity contribution >= 4 is 6.09 Å². The maximum absolute atomic E-state index is 12.7. The Kier molecular flexibility index (Phi) is 7.53. The van der Waals surface area contributed by atoms with Gasteiger partial charge < -0.3 is 19.4 Å². The van der Waals surface area contributed by atoms with Gasteiger partial charge >= 0.3 is 6.09 Å². The lowest BCUT2D eigenvalue weighted by Crippen LogP contribution is -2.46. The third kappa shape index (κ3) is 6.22. The summed E-state index contributed by atoms with van der Waals surface area (Å²) in [5.41, 5.74) is 1.03. The molecule has 0 unspecified atom stereocenters. The zero-order chi connectivity index (χ0) is 19.1. The monoisotopic (exact) mass is 373 g/mol. The normalized spacial score (nSPS) is 20.5. The Labute approximate surface area is 164 Å². The molecule has 1 aromatic carbocycles. The van der Waals surface area contributed by atoms with Gasteiger partial charge in [0.05, 0.1) is 0 Å². The Morgan fingerprint density at radius 1 is 1.15 bits per heavy atom. The number of carbonyl (C=O) groups is 1. The molecule has 2 fully saturated rings. The Morgan fingerprint density at radius 2 is 1.81 bits per heavy atom. The fraction of sp³-hybridized carbons (Fsp3) is 0.682. The van der Waals surface area contributed by atoms with Crippen molar-refractivity contribution in [2.75, 3.05) is 46.8 Å². The van der Waals surface area contributed by atoms with E-state index in [4.69, 9.17) is 4.74 Å². The van der Waals surface area contributed by atoms with Crippen LogP contribution in [0, 0.1) is 5.92 Å². The van der Waals surface area contributed by atoms with Gasteiger partial charge in [-0.05, 0) is 76.8 Å². The Morgan fingerprint density at radius 3 is 2.48 bits per heavy atom. The van der Waals surface area contributed by atoms with Crippen LogP contribution in [0.3, 0.4) is 0 Å². The van der Waals surface area contributed by atoms with E-state index in [2.05, 4.69) is 16.8 Å². The lowest BCUT2D eigenvalue weighted by atomic mass is 9.90. The molecular weight excluding hydrogens is 338 g/mol. The quantitative estimate of drug-likeness (QED) is 0.733. The summed E-state index contributed by atoms with van der Waals surface area (Å²) in [4.78, 5) is 19.5. The van der Waals surface area contributed by atoms with Gasteiger partial charge in [0.25, 0.3) is 0 Å². The van der Waals surface area contributed by atoms with E-state index in [0.29, 0.717) is 12.5 Å². The van der Waals surface area contributed by atoms with Crippen molar-refractivity contribution in [3.8, 4) is 0 Å². The summed E-state index contributed by atoms with van der Waals surface area (Å²) in [7, 11) is 4.12. The minimum absolute atomic E-state index is 0.198. The SMILES string of the molecule is CN1CCC(C[C@H](CN2CCCC2)N(C)C(=O)OCc2ccccc2)CC1. The van der Waals surface area contributed by atoms with E-state index >= 15 is 0 Å². The molecule has 0 aliphatic carbocycles. The van der Waals surface area contributed by atoms with Crippen LogP contribution >= 0.6 is 0 Å². The summed E-state index contributed by atoms with van der Waals surface area (Å²) in [6.07, 6.45) is 5.92. The predicted octanol–water partition coefficient (Wildman–Crippen LogP) is 3.45. The van der Waals surface area contributed by atoms with Crippen LogP contribution in [0.5, 0.6) is 0 Å². The molecule has 0 radical (unpaired) electrons. The maximum Gasteiger partial charge on any atom is 0.410 e. The first-order chi connectivity index (χ1) is 13.1. The number of amides is 1. The van der Waals surface area contributed by atoms with Crippen molar-refractivity contribution in [2.24, 2.45) is 5.92 Å². The van der Waals surface area contributed by atoms with E-state index in [1.54, 1.807) is 0 Å². The number of benzene rings is 1. The standard InChI is InChI=1S/C22H35N3O2/c1-23-14-10-19(11-15-23)16-21(17-25-12-6-7-13-25)24(2)22(26)27-18-20-8-4-3-5-9-20/h3-5,8-9,19,21H,6-7,10-18H2,1-2H3/t21-/m1/s1. The van der Waals surface area contributed by atoms with Crippen molar-refractivity contribution in [3.05, 3.63) is 35.9 Å². The smallest absolute Gasteiger partial charge is 0.410 e. The number of hydrogen-bond acceptors (Lipinski definition) is 4. The third-order valence-electron chi connectivity index (χ3n) is 6.15. The zero-order valence-corrected chi connectivity index (χ0v) is 17.0. The second-order valence-electron chi connectivity index (χ2n) is 8.29. The molecule has 150 valence electrons. The predicted molar refractivity (Wildman–Crippen MR) is 109 cm³/mol. The van der Waals surface area contributed by atoms with Gasteiger partial charge in [0.2, 0.25) is 0 Å². The minimum Gasteiger partial charge on any atom is -0.445 e. The highest BCUT2D eigenvalue weighted by atomic mass is 16.6. The van der Waals surface area contributed by atoms with Crippen molar-refractivity contribution in [3.63, 3.8) is 0 Å². The van der Waals surface area contributed by atoms with Crippen molar-refractivity contribution < 1.29 is 9.53 Å². The van der Waals surface area contributed by atoms with Gasteiger partial charge in [0.1, 0.15) is 6.61 Å². The van der Waals surface area contributed by atoms with Crippen LogP contribution < -0.4 is 0 Å². The Hall–Kier alpha value is -1.59. The van der Waals surface area contributed by atoms with E-state index in [0.717, 1.165) is 31.6 Å². The van der Waals surface area contributed by atoms with Crippen molar-refractivity contribution in [1.82, 2.24) is 14.7 Å². The van der Waals surface area contributed by atoms with Crippen molar-refractivity contribution in [2.45, 2.75) is 44.8 Å². The first-order valence-electron chi connectivity index (χ1n) is 10.5. The van der Waals surface area contributed by atoms with Gasteiger partial charge in [0, 0.05) is 19.6 Å². The molecule has 0 spiro atoms. The molecule has 2 saturated heterocycles. The molecule has 1 amide bonds. The third-order valence-corrected chi connectivity index (χ3v) is 6.15. The van der Waals surface area contributed by atoms with Crippen LogP contribution in [0.4, 0.5) is 4.79 Å². The van der Waals surface area contributed by atoms with Crippen molar-refractivity contribution in [1.29, 1.82) is 0 Å². The molecule has 0 aromatic heterocycles. The topological polar surface area (TPSA) is 36.0 Å². The lowest BCUT2D eigenvalue weighted by Gasteiger charge is -2.36. The molecule has 27 heavy (non-hydrogen) atoms. The molecule has 0 N–H and O–H groups in total. The molecule has 0 saturated carbocycles. The molecule has 1 aromatic rings. The summed E-state index contributed by atoms with van der Waals surface area (Å²) in [5.74, 6) is 0.707.